The highest BCUT2D eigenvalue weighted by Gasteiger charge is 2.25. The third kappa shape index (κ3) is 2.47. The van der Waals surface area contributed by atoms with E-state index in [1.54, 1.807) is 0 Å². The molecule has 1 aromatic rings. The maximum Gasteiger partial charge on any atom is 0.0651 e. The molecule has 0 aliphatic rings. The van der Waals surface area contributed by atoms with Gasteiger partial charge in [-0.1, -0.05) is 13.8 Å². The lowest BCUT2D eigenvalue weighted by molar-refractivity contribution is 0.209. The summed E-state index contributed by atoms with van der Waals surface area (Å²) in [5, 5.41) is 9.32. The molecule has 0 saturated heterocycles. The van der Waals surface area contributed by atoms with Crippen molar-refractivity contribution in [1.29, 1.82) is 0 Å². The van der Waals surface area contributed by atoms with Crippen LogP contribution in [0.4, 0.5) is 0 Å². The van der Waals surface area contributed by atoms with Crippen molar-refractivity contribution in [2.45, 2.75) is 46.7 Å². The highest BCUT2D eigenvalue weighted by molar-refractivity contribution is 5.33. The third-order valence-electron chi connectivity index (χ3n) is 3.07. The van der Waals surface area contributed by atoms with Crippen molar-refractivity contribution in [3.05, 3.63) is 23.0 Å². The number of hydrogen-bond donors (Lipinski definition) is 2. The van der Waals surface area contributed by atoms with Crippen molar-refractivity contribution in [1.82, 2.24) is 4.57 Å². The molecule has 0 spiro atoms. The smallest absolute Gasteiger partial charge is 0.0651 e. The predicted molar refractivity (Wildman–Crippen MR) is 67.4 cm³/mol. The molecule has 1 aromatic heterocycles. The molecule has 1 unspecified atom stereocenters. The second-order valence-electron chi connectivity index (χ2n) is 5.36. The molecule has 3 N–H and O–H groups in total. The first-order valence-electron chi connectivity index (χ1n) is 5.86. The van der Waals surface area contributed by atoms with Gasteiger partial charge in [-0.15, -0.1) is 0 Å². The zero-order valence-electron chi connectivity index (χ0n) is 11.0. The summed E-state index contributed by atoms with van der Waals surface area (Å²) < 4.78 is 2.28. The van der Waals surface area contributed by atoms with Gasteiger partial charge >= 0.3 is 0 Å². The molecule has 3 nitrogen and oxygen atoms in total. The Morgan fingerprint density at radius 3 is 2.44 bits per heavy atom. The number of aliphatic hydroxyl groups is 1. The van der Waals surface area contributed by atoms with Gasteiger partial charge in [0.25, 0.3) is 0 Å². The molecule has 0 aliphatic heterocycles. The van der Waals surface area contributed by atoms with Crippen molar-refractivity contribution in [2.75, 3.05) is 6.61 Å². The van der Waals surface area contributed by atoms with E-state index in [1.165, 1.54) is 11.4 Å². The molecular formula is C13H24N2O. The normalized spacial score (nSPS) is 15.5. The molecule has 1 atom stereocenters. The monoisotopic (exact) mass is 224 g/mol. The number of hydrogen-bond acceptors (Lipinski definition) is 2. The van der Waals surface area contributed by atoms with Gasteiger partial charge in [-0.3, -0.25) is 0 Å². The van der Waals surface area contributed by atoms with Crippen LogP contribution in [-0.4, -0.2) is 16.3 Å². The van der Waals surface area contributed by atoms with Crippen LogP contribution in [0.3, 0.4) is 0 Å². The van der Waals surface area contributed by atoms with Crippen LogP contribution >= 0.6 is 0 Å². The standard InChI is InChI=1S/C13H24N2O/c1-9(2)7-15-10(3)6-12(11(15)4)13(5,14)8-16/h6,9,16H,7-8,14H2,1-5H3. The Morgan fingerprint density at radius 2 is 2.00 bits per heavy atom. The number of nitrogens with zero attached hydrogens (tertiary/aromatic N) is 1. The van der Waals surface area contributed by atoms with Gasteiger partial charge in [-0.05, 0) is 38.3 Å². The number of aliphatic hydroxyl groups excluding tert-OH is 1. The average molecular weight is 224 g/mol. The van der Waals surface area contributed by atoms with E-state index in [-0.39, 0.29) is 6.61 Å². The number of nitrogens with two attached hydrogens (primary N) is 1. The Hall–Kier alpha value is -0.800. The second-order valence-corrected chi connectivity index (χ2v) is 5.36. The quantitative estimate of drug-likeness (QED) is 0.821. The molecule has 0 bridgehead atoms. The maximum absolute atomic E-state index is 9.32. The van der Waals surface area contributed by atoms with E-state index in [2.05, 4.69) is 38.3 Å². The number of aryl methyl sites for hydroxylation is 1. The molecule has 92 valence electrons. The van der Waals surface area contributed by atoms with Crippen molar-refractivity contribution in [2.24, 2.45) is 11.7 Å². The van der Waals surface area contributed by atoms with E-state index in [9.17, 15) is 5.11 Å². The molecular weight excluding hydrogens is 200 g/mol. The fourth-order valence-corrected chi connectivity index (χ4v) is 2.11. The predicted octanol–water partition coefficient (Wildman–Crippen LogP) is 1.93. The first kappa shape index (κ1) is 13.3. The summed E-state index contributed by atoms with van der Waals surface area (Å²) in [6.45, 7) is 11.4. The van der Waals surface area contributed by atoms with Gasteiger partial charge in [0.1, 0.15) is 0 Å². The lowest BCUT2D eigenvalue weighted by Crippen LogP contribution is -2.37. The Labute approximate surface area is 98.3 Å². The minimum atomic E-state index is -0.642. The molecule has 0 radical (unpaired) electrons. The zero-order valence-corrected chi connectivity index (χ0v) is 11.0. The van der Waals surface area contributed by atoms with E-state index in [1.807, 2.05) is 6.92 Å². The Morgan fingerprint density at radius 1 is 1.44 bits per heavy atom. The molecule has 0 saturated carbocycles. The Balaban J connectivity index is 3.16. The van der Waals surface area contributed by atoms with Crippen LogP contribution in [-0.2, 0) is 12.1 Å². The van der Waals surface area contributed by atoms with Crippen LogP contribution in [0.2, 0.25) is 0 Å². The summed E-state index contributed by atoms with van der Waals surface area (Å²) in [6.07, 6.45) is 0. The van der Waals surface area contributed by atoms with Crippen LogP contribution in [0.5, 0.6) is 0 Å². The highest BCUT2D eigenvalue weighted by atomic mass is 16.3. The van der Waals surface area contributed by atoms with Crippen molar-refractivity contribution >= 4 is 0 Å². The first-order valence-corrected chi connectivity index (χ1v) is 5.86. The van der Waals surface area contributed by atoms with Crippen LogP contribution in [0.15, 0.2) is 6.07 Å². The molecule has 16 heavy (non-hydrogen) atoms. The topological polar surface area (TPSA) is 51.2 Å². The Kier molecular flexibility index (Phi) is 3.81. The minimum absolute atomic E-state index is 0.0288. The second kappa shape index (κ2) is 4.60. The van der Waals surface area contributed by atoms with Gasteiger partial charge in [0.05, 0.1) is 12.1 Å². The van der Waals surface area contributed by atoms with E-state index in [0.717, 1.165) is 12.1 Å². The zero-order chi connectivity index (χ0) is 12.5. The van der Waals surface area contributed by atoms with Gasteiger partial charge < -0.3 is 15.4 Å². The molecule has 0 aliphatic carbocycles. The van der Waals surface area contributed by atoms with Gasteiger partial charge in [-0.2, -0.15) is 0 Å². The molecule has 1 heterocycles. The summed E-state index contributed by atoms with van der Waals surface area (Å²) in [7, 11) is 0. The summed E-state index contributed by atoms with van der Waals surface area (Å²) in [4.78, 5) is 0. The minimum Gasteiger partial charge on any atom is -0.394 e. The van der Waals surface area contributed by atoms with Gasteiger partial charge in [0.15, 0.2) is 0 Å². The van der Waals surface area contributed by atoms with Crippen molar-refractivity contribution in [3.8, 4) is 0 Å². The van der Waals surface area contributed by atoms with Crippen LogP contribution < -0.4 is 5.73 Å². The molecule has 0 aromatic carbocycles. The molecule has 3 heteroatoms. The molecule has 0 fully saturated rings. The lowest BCUT2D eigenvalue weighted by Gasteiger charge is -2.22. The highest BCUT2D eigenvalue weighted by Crippen LogP contribution is 2.25. The molecule has 1 rings (SSSR count). The van der Waals surface area contributed by atoms with Gasteiger partial charge in [0.2, 0.25) is 0 Å². The Bertz CT molecular complexity index is 364. The van der Waals surface area contributed by atoms with E-state index < -0.39 is 5.54 Å². The van der Waals surface area contributed by atoms with E-state index in [4.69, 9.17) is 5.73 Å². The fraction of sp³-hybridized carbons (Fsp3) is 0.692. The SMILES string of the molecule is Cc1cc(C(C)(N)CO)c(C)n1CC(C)C. The number of rotatable bonds is 4. The summed E-state index contributed by atoms with van der Waals surface area (Å²) in [6, 6.07) is 2.09. The third-order valence-corrected chi connectivity index (χ3v) is 3.07. The number of aromatic nitrogens is 1. The van der Waals surface area contributed by atoms with Crippen molar-refractivity contribution < 1.29 is 5.11 Å². The molecule has 0 amide bonds. The van der Waals surface area contributed by atoms with Crippen LogP contribution in [0, 0.1) is 19.8 Å². The summed E-state index contributed by atoms with van der Waals surface area (Å²) in [5.41, 5.74) is 8.88. The average Bonchev–Trinajstić information content (AvgIpc) is 2.46. The van der Waals surface area contributed by atoms with Gasteiger partial charge in [0, 0.05) is 17.9 Å². The van der Waals surface area contributed by atoms with E-state index >= 15 is 0 Å². The first-order chi connectivity index (χ1) is 7.29. The van der Waals surface area contributed by atoms with Crippen LogP contribution in [0.1, 0.15) is 37.7 Å². The maximum atomic E-state index is 9.32. The summed E-state index contributed by atoms with van der Waals surface area (Å²) >= 11 is 0. The van der Waals surface area contributed by atoms with E-state index in [0.29, 0.717) is 5.92 Å². The van der Waals surface area contributed by atoms with Crippen LogP contribution in [0.25, 0.3) is 0 Å². The summed E-state index contributed by atoms with van der Waals surface area (Å²) in [5.74, 6) is 0.607. The fourth-order valence-electron chi connectivity index (χ4n) is 2.11. The lowest BCUT2D eigenvalue weighted by atomic mass is 9.94. The van der Waals surface area contributed by atoms with Crippen molar-refractivity contribution in [3.63, 3.8) is 0 Å². The van der Waals surface area contributed by atoms with Gasteiger partial charge in [-0.25, -0.2) is 0 Å². The largest absolute Gasteiger partial charge is 0.394 e.